The van der Waals surface area contributed by atoms with Crippen LogP contribution in [0.15, 0.2) is 30.5 Å². The van der Waals surface area contributed by atoms with E-state index in [0.717, 1.165) is 16.5 Å². The quantitative estimate of drug-likeness (QED) is 0.141. The lowest BCUT2D eigenvalue weighted by molar-refractivity contribution is -0.141. The first-order valence-corrected chi connectivity index (χ1v) is 10.9. The number of carbonyl (C=O) groups is 6. The van der Waals surface area contributed by atoms with Crippen LogP contribution in [-0.4, -0.2) is 75.4 Å². The molecule has 2 aromatic rings. The van der Waals surface area contributed by atoms with Gasteiger partial charge in [-0.25, -0.2) is 0 Å². The van der Waals surface area contributed by atoms with Gasteiger partial charge in [0.2, 0.25) is 23.6 Å². The maximum absolute atomic E-state index is 12.8. The van der Waals surface area contributed by atoms with E-state index in [9.17, 15) is 33.9 Å². The van der Waals surface area contributed by atoms with Crippen LogP contribution in [0.5, 0.6) is 0 Å². The fourth-order valence-electron chi connectivity index (χ4n) is 3.41. The molecule has 0 spiro atoms. The zero-order valence-electron chi connectivity index (χ0n) is 19.2. The summed E-state index contributed by atoms with van der Waals surface area (Å²) in [4.78, 5) is 73.9. The molecule has 0 saturated carbocycles. The summed E-state index contributed by atoms with van der Waals surface area (Å²) in [6, 6.07) is 3.21. The number of para-hydroxylation sites is 1. The number of primary amides is 1. The van der Waals surface area contributed by atoms with Gasteiger partial charge in [-0.15, -0.1) is 0 Å². The molecule has 0 aliphatic carbocycles. The van der Waals surface area contributed by atoms with Crippen LogP contribution >= 0.6 is 0 Å². The van der Waals surface area contributed by atoms with Crippen molar-refractivity contribution in [3.05, 3.63) is 36.0 Å². The fourth-order valence-corrected chi connectivity index (χ4v) is 3.41. The highest BCUT2D eigenvalue weighted by molar-refractivity contribution is 5.95. The molecule has 1 heterocycles. The van der Waals surface area contributed by atoms with E-state index in [0.29, 0.717) is 0 Å². The Morgan fingerprint density at radius 1 is 0.917 bits per heavy atom. The van der Waals surface area contributed by atoms with E-state index < -0.39 is 66.7 Å². The van der Waals surface area contributed by atoms with Crippen molar-refractivity contribution < 1.29 is 39.0 Å². The zero-order valence-corrected chi connectivity index (χ0v) is 19.2. The SMILES string of the molecule is NC(=O)CCC(NC(=O)C(CC(=O)O)NC(=O)C(N)Cc1c[nH]c2ccccc12)C(=O)NCC(=O)O. The molecule has 3 atom stereocenters. The Kier molecular flexibility index (Phi) is 9.92. The molecule has 14 nitrogen and oxygen atoms in total. The molecule has 1 aromatic carbocycles. The number of nitrogens with one attached hydrogen (secondary N) is 4. The van der Waals surface area contributed by atoms with Crippen LogP contribution in [0, 0.1) is 0 Å². The van der Waals surface area contributed by atoms with Crippen LogP contribution in [0.2, 0.25) is 0 Å². The van der Waals surface area contributed by atoms with Gasteiger partial charge in [0.15, 0.2) is 0 Å². The number of carbonyl (C=O) groups excluding carboxylic acids is 4. The summed E-state index contributed by atoms with van der Waals surface area (Å²) in [6.45, 7) is -0.750. The molecule has 0 bridgehead atoms. The Bertz CT molecular complexity index is 1150. The number of nitrogens with two attached hydrogens (primary N) is 2. The molecule has 4 amide bonds. The number of hydrogen-bond acceptors (Lipinski definition) is 7. The van der Waals surface area contributed by atoms with Gasteiger partial charge in [0.25, 0.3) is 0 Å². The van der Waals surface area contributed by atoms with E-state index in [4.69, 9.17) is 16.6 Å². The third-order valence-corrected chi connectivity index (χ3v) is 5.19. The summed E-state index contributed by atoms with van der Waals surface area (Å²) in [5.74, 6) is -6.30. The molecular weight excluding hydrogens is 476 g/mol. The van der Waals surface area contributed by atoms with Crippen molar-refractivity contribution in [1.82, 2.24) is 20.9 Å². The number of aromatic nitrogens is 1. The number of benzene rings is 1. The van der Waals surface area contributed by atoms with E-state index in [1.54, 1.807) is 6.20 Å². The van der Waals surface area contributed by atoms with E-state index in [2.05, 4.69) is 20.9 Å². The highest BCUT2D eigenvalue weighted by Crippen LogP contribution is 2.18. The number of carboxylic acid groups (broad SMARTS) is 2. The van der Waals surface area contributed by atoms with Gasteiger partial charge >= 0.3 is 11.9 Å². The largest absolute Gasteiger partial charge is 0.481 e. The second kappa shape index (κ2) is 12.9. The van der Waals surface area contributed by atoms with E-state index >= 15 is 0 Å². The standard InChI is InChI=1S/C22H28N6O8/c23-13(7-11-9-25-14-4-2-1-3-12(11)14)20(34)28-16(8-18(30)31)22(36)27-15(5-6-17(24)29)21(35)26-10-19(32)33/h1-4,9,13,15-16,25H,5-8,10,23H2,(H2,24,29)(H,26,35)(H,27,36)(H,28,34)(H,30,31)(H,32,33). The molecule has 10 N–H and O–H groups in total. The molecule has 0 aliphatic rings. The lowest BCUT2D eigenvalue weighted by Gasteiger charge is -2.23. The van der Waals surface area contributed by atoms with Crippen molar-refractivity contribution in [3.63, 3.8) is 0 Å². The van der Waals surface area contributed by atoms with Gasteiger partial charge in [0, 0.05) is 23.5 Å². The van der Waals surface area contributed by atoms with Crippen LogP contribution < -0.4 is 27.4 Å². The van der Waals surface area contributed by atoms with Crippen LogP contribution in [0.25, 0.3) is 10.9 Å². The number of amides is 4. The zero-order chi connectivity index (χ0) is 26.8. The maximum atomic E-state index is 12.8. The molecule has 2 rings (SSSR count). The Balaban J connectivity index is 2.10. The Morgan fingerprint density at radius 2 is 1.58 bits per heavy atom. The highest BCUT2D eigenvalue weighted by Gasteiger charge is 2.30. The average Bonchev–Trinajstić information content (AvgIpc) is 3.21. The number of aromatic amines is 1. The van der Waals surface area contributed by atoms with Crippen LogP contribution in [-0.2, 0) is 35.2 Å². The number of carboxylic acids is 2. The summed E-state index contributed by atoms with van der Waals surface area (Å²) < 4.78 is 0. The van der Waals surface area contributed by atoms with Gasteiger partial charge in [-0.3, -0.25) is 28.8 Å². The number of fused-ring (bicyclic) bond motifs is 1. The van der Waals surface area contributed by atoms with Crippen molar-refractivity contribution in [1.29, 1.82) is 0 Å². The average molecular weight is 505 g/mol. The lowest BCUT2D eigenvalue weighted by Crippen LogP contribution is -2.56. The fraction of sp³-hybridized carbons (Fsp3) is 0.364. The lowest BCUT2D eigenvalue weighted by atomic mass is 10.0. The summed E-state index contributed by atoms with van der Waals surface area (Å²) >= 11 is 0. The second-order valence-corrected chi connectivity index (χ2v) is 8.01. The molecule has 0 aliphatic heterocycles. The Hall–Kier alpha value is -4.46. The number of rotatable bonds is 14. The van der Waals surface area contributed by atoms with Crippen LogP contribution in [0.4, 0.5) is 0 Å². The maximum Gasteiger partial charge on any atom is 0.322 e. The molecule has 1 aromatic heterocycles. The molecule has 3 unspecified atom stereocenters. The normalized spacial score (nSPS) is 13.2. The summed E-state index contributed by atoms with van der Waals surface area (Å²) in [5.41, 5.74) is 12.7. The van der Waals surface area contributed by atoms with Gasteiger partial charge in [-0.05, 0) is 24.5 Å². The van der Waals surface area contributed by atoms with Crippen LogP contribution in [0.1, 0.15) is 24.8 Å². The molecule has 14 heteroatoms. The van der Waals surface area contributed by atoms with E-state index in [1.165, 1.54) is 0 Å². The van der Waals surface area contributed by atoms with Gasteiger partial charge in [-0.2, -0.15) is 0 Å². The minimum absolute atomic E-state index is 0.0933. The van der Waals surface area contributed by atoms with Crippen molar-refractivity contribution >= 4 is 46.5 Å². The predicted octanol–water partition coefficient (Wildman–Crippen LogP) is -2.05. The smallest absolute Gasteiger partial charge is 0.322 e. The predicted molar refractivity (Wildman–Crippen MR) is 125 cm³/mol. The molecule has 0 fully saturated rings. The Morgan fingerprint density at radius 3 is 2.22 bits per heavy atom. The van der Waals surface area contributed by atoms with Crippen molar-refractivity contribution in [2.45, 2.75) is 43.8 Å². The minimum atomic E-state index is -1.60. The van der Waals surface area contributed by atoms with Crippen molar-refractivity contribution in [2.24, 2.45) is 11.5 Å². The summed E-state index contributed by atoms with van der Waals surface area (Å²) in [6.07, 6.45) is 0.363. The molecule has 0 saturated heterocycles. The third kappa shape index (κ3) is 8.39. The summed E-state index contributed by atoms with van der Waals surface area (Å²) in [7, 11) is 0. The minimum Gasteiger partial charge on any atom is -0.481 e. The highest BCUT2D eigenvalue weighted by atomic mass is 16.4. The number of aliphatic carboxylic acids is 2. The Labute approximate surface area is 204 Å². The van der Waals surface area contributed by atoms with Crippen molar-refractivity contribution in [3.8, 4) is 0 Å². The van der Waals surface area contributed by atoms with Gasteiger partial charge in [0.05, 0.1) is 12.5 Å². The first-order chi connectivity index (χ1) is 17.0. The molecule has 194 valence electrons. The topological polar surface area (TPSA) is 247 Å². The van der Waals surface area contributed by atoms with E-state index in [1.807, 2.05) is 24.3 Å². The second-order valence-electron chi connectivity index (χ2n) is 8.01. The molecule has 0 radical (unpaired) electrons. The molecule has 36 heavy (non-hydrogen) atoms. The van der Waals surface area contributed by atoms with Crippen LogP contribution in [0.3, 0.4) is 0 Å². The first-order valence-electron chi connectivity index (χ1n) is 10.9. The van der Waals surface area contributed by atoms with Gasteiger partial charge in [0.1, 0.15) is 18.6 Å². The third-order valence-electron chi connectivity index (χ3n) is 5.19. The van der Waals surface area contributed by atoms with Crippen molar-refractivity contribution in [2.75, 3.05) is 6.54 Å². The number of hydrogen-bond donors (Lipinski definition) is 8. The number of H-pyrrole nitrogens is 1. The first kappa shape index (κ1) is 27.8. The van der Waals surface area contributed by atoms with E-state index in [-0.39, 0.29) is 19.3 Å². The van der Waals surface area contributed by atoms with Gasteiger partial charge in [-0.1, -0.05) is 18.2 Å². The summed E-state index contributed by atoms with van der Waals surface area (Å²) in [5, 5.41) is 25.4. The van der Waals surface area contributed by atoms with Gasteiger partial charge < -0.3 is 42.6 Å². The molecular formula is C22H28N6O8. The monoisotopic (exact) mass is 504 g/mol.